The molecule has 3 aromatic heterocycles. The van der Waals surface area contributed by atoms with Crippen LogP contribution in [0.1, 0.15) is 30.7 Å². The molecule has 30 heavy (non-hydrogen) atoms. The number of hydrogen-bond acceptors (Lipinski definition) is 7. The molecule has 3 aromatic rings. The predicted molar refractivity (Wildman–Crippen MR) is 115 cm³/mol. The highest BCUT2D eigenvalue weighted by atomic mass is 16.2. The van der Waals surface area contributed by atoms with Gasteiger partial charge in [0.2, 0.25) is 11.9 Å². The minimum Gasteiger partial charge on any atom is -0.350 e. The van der Waals surface area contributed by atoms with E-state index in [0.717, 1.165) is 22.6 Å². The van der Waals surface area contributed by atoms with Gasteiger partial charge in [-0.3, -0.25) is 14.5 Å². The number of nitrogens with zero attached hydrogens (tertiary/aromatic N) is 6. The summed E-state index contributed by atoms with van der Waals surface area (Å²) in [7, 11) is 1.90. The van der Waals surface area contributed by atoms with Crippen molar-refractivity contribution in [3.63, 3.8) is 0 Å². The normalized spacial score (nSPS) is 15.8. The Labute approximate surface area is 175 Å². The SMILES string of the molecule is Cc1nc(NCc2cnn(Cc3cccnc3)c2)nc2c1NC(=O)[C@H](C(C)C)N2C. The first kappa shape index (κ1) is 19.8. The first-order valence-electron chi connectivity index (χ1n) is 9.99. The van der Waals surface area contributed by atoms with Gasteiger partial charge in [0.05, 0.1) is 18.4 Å². The van der Waals surface area contributed by atoms with E-state index >= 15 is 0 Å². The molecular weight excluding hydrogens is 380 g/mol. The van der Waals surface area contributed by atoms with E-state index in [1.54, 1.807) is 6.20 Å². The van der Waals surface area contributed by atoms with Gasteiger partial charge in [-0.2, -0.15) is 10.1 Å². The number of hydrogen-bond donors (Lipinski definition) is 2. The van der Waals surface area contributed by atoms with Gasteiger partial charge >= 0.3 is 0 Å². The number of carbonyl (C=O) groups excluding carboxylic acids is 1. The quantitative estimate of drug-likeness (QED) is 0.648. The Balaban J connectivity index is 1.47. The van der Waals surface area contributed by atoms with Crippen LogP contribution in [0.5, 0.6) is 0 Å². The number of aromatic nitrogens is 5. The van der Waals surface area contributed by atoms with E-state index in [4.69, 9.17) is 0 Å². The van der Waals surface area contributed by atoms with Gasteiger partial charge in [-0.05, 0) is 24.5 Å². The maximum Gasteiger partial charge on any atom is 0.247 e. The van der Waals surface area contributed by atoms with Crippen LogP contribution in [0.2, 0.25) is 0 Å². The van der Waals surface area contributed by atoms with Crippen LogP contribution < -0.4 is 15.5 Å². The molecule has 9 heteroatoms. The smallest absolute Gasteiger partial charge is 0.247 e. The number of pyridine rings is 1. The fraction of sp³-hybridized carbons (Fsp3) is 0.381. The minimum absolute atomic E-state index is 0.0200. The molecule has 0 saturated heterocycles. The number of carbonyl (C=O) groups is 1. The minimum atomic E-state index is -0.259. The van der Waals surface area contributed by atoms with E-state index in [1.807, 2.05) is 68.1 Å². The van der Waals surface area contributed by atoms with Gasteiger partial charge in [-0.25, -0.2) is 4.98 Å². The Morgan fingerprint density at radius 1 is 1.23 bits per heavy atom. The molecular formula is C21H26N8O. The maximum absolute atomic E-state index is 12.5. The molecule has 156 valence electrons. The van der Waals surface area contributed by atoms with Crippen molar-refractivity contribution in [2.24, 2.45) is 5.92 Å². The predicted octanol–water partition coefficient (Wildman–Crippen LogP) is 2.45. The van der Waals surface area contributed by atoms with Crippen LogP contribution in [0, 0.1) is 12.8 Å². The third-order valence-corrected chi connectivity index (χ3v) is 5.18. The van der Waals surface area contributed by atoms with Crippen molar-refractivity contribution in [2.75, 3.05) is 22.6 Å². The molecule has 0 unspecified atom stereocenters. The van der Waals surface area contributed by atoms with Gasteiger partial charge in [0, 0.05) is 37.7 Å². The van der Waals surface area contributed by atoms with E-state index in [-0.39, 0.29) is 17.9 Å². The van der Waals surface area contributed by atoms with Gasteiger partial charge in [0.25, 0.3) is 0 Å². The molecule has 1 aliphatic rings. The molecule has 1 amide bonds. The highest BCUT2D eigenvalue weighted by Crippen LogP contribution is 2.34. The zero-order valence-electron chi connectivity index (χ0n) is 17.6. The number of aryl methyl sites for hydroxylation is 1. The van der Waals surface area contributed by atoms with Gasteiger partial charge in [0.1, 0.15) is 11.7 Å². The molecule has 0 aliphatic carbocycles. The van der Waals surface area contributed by atoms with E-state index in [2.05, 4.69) is 30.7 Å². The number of fused-ring (bicyclic) bond motifs is 1. The summed E-state index contributed by atoms with van der Waals surface area (Å²) in [6.45, 7) is 7.16. The summed E-state index contributed by atoms with van der Waals surface area (Å²) in [4.78, 5) is 27.7. The summed E-state index contributed by atoms with van der Waals surface area (Å²) in [6, 6.07) is 3.68. The van der Waals surface area contributed by atoms with Gasteiger partial charge in [-0.1, -0.05) is 19.9 Å². The fourth-order valence-electron chi connectivity index (χ4n) is 3.74. The average molecular weight is 406 g/mol. The molecule has 4 heterocycles. The molecule has 4 rings (SSSR count). The summed E-state index contributed by atoms with van der Waals surface area (Å²) in [6.07, 6.45) is 7.42. The first-order chi connectivity index (χ1) is 14.4. The van der Waals surface area contributed by atoms with Crippen molar-refractivity contribution in [1.29, 1.82) is 0 Å². The number of amides is 1. The lowest BCUT2D eigenvalue weighted by Gasteiger charge is -2.36. The van der Waals surface area contributed by atoms with Gasteiger partial charge in [-0.15, -0.1) is 0 Å². The van der Waals surface area contributed by atoms with Crippen molar-refractivity contribution < 1.29 is 4.79 Å². The van der Waals surface area contributed by atoms with Crippen molar-refractivity contribution in [1.82, 2.24) is 24.7 Å². The van der Waals surface area contributed by atoms with Gasteiger partial charge < -0.3 is 15.5 Å². The molecule has 0 bridgehead atoms. The second-order valence-electron chi connectivity index (χ2n) is 7.88. The van der Waals surface area contributed by atoms with E-state index in [9.17, 15) is 4.79 Å². The van der Waals surface area contributed by atoms with Crippen LogP contribution in [-0.4, -0.2) is 43.7 Å². The first-order valence-corrected chi connectivity index (χ1v) is 9.99. The molecule has 2 N–H and O–H groups in total. The number of rotatable bonds is 6. The molecule has 9 nitrogen and oxygen atoms in total. The highest BCUT2D eigenvalue weighted by molar-refractivity contribution is 6.03. The summed E-state index contributed by atoms with van der Waals surface area (Å²) < 4.78 is 1.88. The molecule has 0 fully saturated rings. The van der Waals surface area contributed by atoms with Crippen LogP contribution in [0.3, 0.4) is 0 Å². The second kappa shape index (κ2) is 8.10. The largest absolute Gasteiger partial charge is 0.350 e. The van der Waals surface area contributed by atoms with Crippen LogP contribution in [0.4, 0.5) is 17.5 Å². The van der Waals surface area contributed by atoms with E-state index < -0.39 is 0 Å². The van der Waals surface area contributed by atoms with Crippen molar-refractivity contribution in [3.8, 4) is 0 Å². The summed E-state index contributed by atoms with van der Waals surface area (Å²) in [5, 5.41) is 10.7. The lowest BCUT2D eigenvalue weighted by molar-refractivity contribution is -0.118. The van der Waals surface area contributed by atoms with Crippen LogP contribution in [0.25, 0.3) is 0 Å². The Bertz CT molecular complexity index is 1050. The number of likely N-dealkylation sites (N-methyl/N-ethyl adjacent to an activating group) is 1. The molecule has 1 aliphatic heterocycles. The highest BCUT2D eigenvalue weighted by Gasteiger charge is 2.35. The van der Waals surface area contributed by atoms with Crippen LogP contribution in [-0.2, 0) is 17.9 Å². The Morgan fingerprint density at radius 2 is 2.07 bits per heavy atom. The van der Waals surface area contributed by atoms with E-state index in [0.29, 0.717) is 24.7 Å². The number of anilines is 3. The standard InChI is InChI=1S/C21H26N8O/c1-13(2)18-20(30)26-17-14(3)25-21(27-19(17)28(18)4)23-9-16-10-24-29(12-16)11-15-6-5-7-22-8-15/h5-8,10,12-13,18H,9,11H2,1-4H3,(H,26,30)(H,23,25,27)/t18-/m0/s1. The molecule has 0 aromatic carbocycles. The third kappa shape index (κ3) is 3.96. The Hall–Kier alpha value is -3.49. The van der Waals surface area contributed by atoms with Crippen molar-refractivity contribution in [2.45, 2.75) is 39.9 Å². The van der Waals surface area contributed by atoms with Crippen molar-refractivity contribution in [3.05, 3.63) is 53.7 Å². The third-order valence-electron chi connectivity index (χ3n) is 5.18. The monoisotopic (exact) mass is 406 g/mol. The summed E-state index contributed by atoms with van der Waals surface area (Å²) in [5.41, 5.74) is 3.53. The zero-order valence-corrected chi connectivity index (χ0v) is 17.6. The molecule has 0 saturated carbocycles. The summed E-state index contributed by atoms with van der Waals surface area (Å²) in [5.74, 6) is 1.40. The topological polar surface area (TPSA) is 101 Å². The Morgan fingerprint density at radius 3 is 2.80 bits per heavy atom. The Kier molecular flexibility index (Phi) is 5.35. The number of nitrogens with one attached hydrogen (secondary N) is 2. The van der Waals surface area contributed by atoms with Crippen molar-refractivity contribution >= 4 is 23.4 Å². The second-order valence-corrected chi connectivity index (χ2v) is 7.88. The molecule has 0 radical (unpaired) electrons. The zero-order chi connectivity index (χ0) is 21.3. The lowest BCUT2D eigenvalue weighted by atomic mass is 9.99. The summed E-state index contributed by atoms with van der Waals surface area (Å²) >= 11 is 0. The van der Waals surface area contributed by atoms with Crippen LogP contribution >= 0.6 is 0 Å². The maximum atomic E-state index is 12.5. The fourth-order valence-corrected chi connectivity index (χ4v) is 3.74. The molecule has 1 atom stereocenters. The molecule has 0 spiro atoms. The lowest BCUT2D eigenvalue weighted by Crippen LogP contribution is -2.49. The van der Waals surface area contributed by atoms with Gasteiger partial charge in [0.15, 0.2) is 5.82 Å². The van der Waals surface area contributed by atoms with Crippen LogP contribution in [0.15, 0.2) is 36.9 Å². The average Bonchev–Trinajstić information content (AvgIpc) is 3.15. The van der Waals surface area contributed by atoms with E-state index in [1.165, 1.54) is 0 Å².